The summed E-state index contributed by atoms with van der Waals surface area (Å²) >= 11 is 1.58. The van der Waals surface area contributed by atoms with Crippen LogP contribution in [-0.2, 0) is 9.53 Å². The largest absolute Gasteiger partial charge is 0.497 e. The number of thiazole rings is 1. The number of anilines is 1. The minimum Gasteiger partial charge on any atom is -0.497 e. The number of ether oxygens (including phenoxy) is 2. The second-order valence-electron chi connectivity index (χ2n) is 7.26. The van der Waals surface area contributed by atoms with E-state index < -0.39 is 0 Å². The van der Waals surface area contributed by atoms with E-state index in [0.29, 0.717) is 6.54 Å². The molecule has 2 heterocycles. The van der Waals surface area contributed by atoms with E-state index in [0.717, 1.165) is 79.6 Å². The molecule has 0 atom stereocenters. The highest BCUT2D eigenvalue weighted by molar-refractivity contribution is 7.22. The first-order valence-electron chi connectivity index (χ1n) is 9.80. The number of carbonyl (C=O) groups is 1. The Kier molecular flexibility index (Phi) is 5.90. The number of fused-ring (bicyclic) bond motifs is 1. The highest BCUT2D eigenvalue weighted by Gasteiger charge is 2.30. The van der Waals surface area contributed by atoms with Gasteiger partial charge in [0.2, 0.25) is 5.91 Å². The van der Waals surface area contributed by atoms with Crippen LogP contribution < -0.4 is 9.64 Å². The van der Waals surface area contributed by atoms with Crippen LogP contribution in [0, 0.1) is 5.92 Å². The van der Waals surface area contributed by atoms with Gasteiger partial charge in [0.1, 0.15) is 5.75 Å². The topological polar surface area (TPSA) is 54.9 Å². The fourth-order valence-corrected chi connectivity index (χ4v) is 4.92. The Morgan fingerprint density at radius 1 is 1.33 bits per heavy atom. The molecule has 1 aromatic heterocycles. The predicted octanol–water partition coefficient (Wildman–Crippen LogP) is 3.16. The van der Waals surface area contributed by atoms with Crippen molar-refractivity contribution in [2.45, 2.75) is 25.7 Å². The Labute approximate surface area is 164 Å². The standard InChI is InChI=1S/C20H27N3O3S/c1-25-16-6-7-17-18(14-16)27-20(21-17)23(19(24)15-4-2-3-5-15)9-8-22-10-12-26-13-11-22/h6-7,14-15H,2-5,8-13H2,1H3. The second kappa shape index (κ2) is 8.54. The summed E-state index contributed by atoms with van der Waals surface area (Å²) in [6.45, 7) is 4.97. The molecule has 1 aliphatic heterocycles. The molecule has 4 rings (SSSR count). The third kappa shape index (κ3) is 4.25. The zero-order valence-electron chi connectivity index (χ0n) is 15.9. The van der Waals surface area contributed by atoms with Crippen LogP contribution in [0.25, 0.3) is 10.2 Å². The third-order valence-corrected chi connectivity index (χ3v) is 6.57. The third-order valence-electron chi connectivity index (χ3n) is 5.53. The summed E-state index contributed by atoms with van der Waals surface area (Å²) in [5, 5.41) is 0.809. The van der Waals surface area contributed by atoms with Gasteiger partial charge >= 0.3 is 0 Å². The monoisotopic (exact) mass is 389 g/mol. The number of morpholine rings is 1. The summed E-state index contributed by atoms with van der Waals surface area (Å²) in [4.78, 5) is 22.3. The Morgan fingerprint density at radius 3 is 2.85 bits per heavy atom. The zero-order chi connectivity index (χ0) is 18.6. The molecular weight excluding hydrogens is 362 g/mol. The quantitative estimate of drug-likeness (QED) is 0.760. The molecular formula is C20H27N3O3S. The molecule has 2 aromatic rings. The molecule has 0 bridgehead atoms. The van der Waals surface area contributed by atoms with Crippen molar-refractivity contribution in [3.05, 3.63) is 18.2 Å². The summed E-state index contributed by atoms with van der Waals surface area (Å²) in [7, 11) is 1.67. The minimum atomic E-state index is 0.149. The average Bonchev–Trinajstić information content (AvgIpc) is 3.38. The molecule has 2 aliphatic rings. The maximum absolute atomic E-state index is 13.2. The molecule has 0 N–H and O–H groups in total. The number of methoxy groups -OCH3 is 1. The summed E-state index contributed by atoms with van der Waals surface area (Å²) in [5.41, 5.74) is 0.923. The lowest BCUT2D eigenvalue weighted by Gasteiger charge is -2.30. The fraction of sp³-hybridized carbons (Fsp3) is 0.600. The highest BCUT2D eigenvalue weighted by atomic mass is 32.1. The lowest BCUT2D eigenvalue weighted by Crippen LogP contribution is -2.44. The lowest BCUT2D eigenvalue weighted by molar-refractivity contribution is -0.122. The van der Waals surface area contributed by atoms with Crippen LogP contribution in [0.1, 0.15) is 25.7 Å². The van der Waals surface area contributed by atoms with E-state index in [4.69, 9.17) is 14.5 Å². The van der Waals surface area contributed by atoms with Crippen LogP contribution >= 0.6 is 11.3 Å². The number of hydrogen-bond acceptors (Lipinski definition) is 6. The summed E-state index contributed by atoms with van der Waals surface area (Å²) in [6, 6.07) is 5.88. The molecule has 0 spiro atoms. The van der Waals surface area contributed by atoms with Crippen LogP contribution in [0.3, 0.4) is 0 Å². The summed E-state index contributed by atoms with van der Waals surface area (Å²) < 4.78 is 11.8. The molecule has 2 fully saturated rings. The number of amides is 1. The number of benzene rings is 1. The molecule has 1 aliphatic carbocycles. The smallest absolute Gasteiger partial charge is 0.231 e. The van der Waals surface area contributed by atoms with E-state index in [2.05, 4.69) is 4.90 Å². The number of nitrogens with zero attached hydrogens (tertiary/aromatic N) is 3. The first-order chi connectivity index (χ1) is 13.2. The van der Waals surface area contributed by atoms with Crippen molar-refractivity contribution in [1.82, 2.24) is 9.88 Å². The first kappa shape index (κ1) is 18.7. The molecule has 146 valence electrons. The molecule has 0 radical (unpaired) electrons. The van der Waals surface area contributed by atoms with Gasteiger partial charge in [-0.3, -0.25) is 14.6 Å². The van der Waals surface area contributed by atoms with Crippen molar-refractivity contribution in [3.63, 3.8) is 0 Å². The van der Waals surface area contributed by atoms with Gasteiger partial charge in [0, 0.05) is 32.1 Å². The van der Waals surface area contributed by atoms with Gasteiger partial charge in [-0.25, -0.2) is 4.98 Å². The lowest BCUT2D eigenvalue weighted by atomic mass is 10.1. The van der Waals surface area contributed by atoms with Crippen LogP contribution in [0.4, 0.5) is 5.13 Å². The van der Waals surface area contributed by atoms with E-state index in [9.17, 15) is 4.79 Å². The van der Waals surface area contributed by atoms with Crippen LogP contribution in [0.5, 0.6) is 5.75 Å². The van der Waals surface area contributed by atoms with E-state index in [1.54, 1.807) is 18.4 Å². The van der Waals surface area contributed by atoms with E-state index in [-0.39, 0.29) is 11.8 Å². The van der Waals surface area contributed by atoms with Gasteiger partial charge < -0.3 is 9.47 Å². The summed E-state index contributed by atoms with van der Waals surface area (Å²) in [6.07, 6.45) is 4.33. The van der Waals surface area contributed by atoms with Crippen molar-refractivity contribution in [2.75, 3.05) is 51.4 Å². The zero-order valence-corrected chi connectivity index (χ0v) is 16.7. The SMILES string of the molecule is COc1ccc2nc(N(CCN3CCOCC3)C(=O)C3CCCC3)sc2c1. The maximum Gasteiger partial charge on any atom is 0.231 e. The van der Waals surface area contributed by atoms with Gasteiger partial charge in [-0.2, -0.15) is 0 Å². The molecule has 1 saturated carbocycles. The second-order valence-corrected chi connectivity index (χ2v) is 8.26. The van der Waals surface area contributed by atoms with Gasteiger partial charge in [0.15, 0.2) is 5.13 Å². The van der Waals surface area contributed by atoms with Crippen LogP contribution in [-0.4, -0.2) is 62.3 Å². The van der Waals surface area contributed by atoms with Crippen molar-refractivity contribution in [2.24, 2.45) is 5.92 Å². The summed E-state index contributed by atoms with van der Waals surface area (Å²) in [5.74, 6) is 1.21. The highest BCUT2D eigenvalue weighted by Crippen LogP contribution is 2.34. The molecule has 6 nitrogen and oxygen atoms in total. The van der Waals surface area contributed by atoms with Crippen molar-refractivity contribution in [3.8, 4) is 5.75 Å². The Balaban J connectivity index is 1.56. The van der Waals surface area contributed by atoms with Gasteiger partial charge in [-0.1, -0.05) is 24.2 Å². The number of rotatable bonds is 6. The van der Waals surface area contributed by atoms with Crippen molar-refractivity contribution < 1.29 is 14.3 Å². The van der Waals surface area contributed by atoms with Crippen LogP contribution in [0.2, 0.25) is 0 Å². The number of carbonyl (C=O) groups excluding carboxylic acids is 1. The molecule has 1 aromatic carbocycles. The number of hydrogen-bond donors (Lipinski definition) is 0. The molecule has 7 heteroatoms. The maximum atomic E-state index is 13.2. The molecule has 27 heavy (non-hydrogen) atoms. The predicted molar refractivity (Wildman–Crippen MR) is 108 cm³/mol. The Bertz CT molecular complexity index is 782. The van der Waals surface area contributed by atoms with Gasteiger partial charge in [-0.15, -0.1) is 0 Å². The van der Waals surface area contributed by atoms with Crippen molar-refractivity contribution >= 4 is 32.6 Å². The normalized spacial score (nSPS) is 18.9. The molecule has 1 amide bonds. The van der Waals surface area contributed by atoms with E-state index >= 15 is 0 Å². The Morgan fingerprint density at radius 2 is 2.11 bits per heavy atom. The Hall–Kier alpha value is -1.70. The van der Waals surface area contributed by atoms with Gasteiger partial charge in [0.25, 0.3) is 0 Å². The fourth-order valence-electron chi connectivity index (χ4n) is 3.89. The van der Waals surface area contributed by atoms with E-state index in [1.807, 2.05) is 23.1 Å². The van der Waals surface area contributed by atoms with Crippen molar-refractivity contribution in [1.29, 1.82) is 0 Å². The van der Waals surface area contributed by atoms with Crippen LogP contribution in [0.15, 0.2) is 18.2 Å². The first-order valence-corrected chi connectivity index (χ1v) is 10.6. The average molecular weight is 390 g/mol. The molecule has 1 saturated heterocycles. The van der Waals surface area contributed by atoms with Gasteiger partial charge in [-0.05, 0) is 31.0 Å². The minimum absolute atomic E-state index is 0.149. The molecule has 0 unspecified atom stereocenters. The van der Waals surface area contributed by atoms with Gasteiger partial charge in [0.05, 0.1) is 30.5 Å². The number of aromatic nitrogens is 1. The van der Waals surface area contributed by atoms with E-state index in [1.165, 1.54) is 0 Å².